The summed E-state index contributed by atoms with van der Waals surface area (Å²) >= 11 is 0. The molecule has 0 radical (unpaired) electrons. The van der Waals surface area contributed by atoms with Gasteiger partial charge in [-0.25, -0.2) is 13.1 Å². The topological polar surface area (TPSA) is 99.5 Å². The van der Waals surface area contributed by atoms with Crippen LogP contribution in [0, 0.1) is 0 Å². The Labute approximate surface area is 168 Å². The number of benzene rings is 2. The predicted molar refractivity (Wildman–Crippen MR) is 105 cm³/mol. The van der Waals surface area contributed by atoms with E-state index in [0.717, 1.165) is 11.1 Å². The molecule has 0 saturated heterocycles. The standard InChI is InChI=1S/C20H19N3O5S/c1-27-17-12-15(6-7-16(17)13-23-10-3-9-21-23)20(24)22-29(25,26)18-5-2-4-14-8-11-28-19(14)18/h2-7,9-10,12H,8,11,13H2,1H3,(H,22,24). The van der Waals surface area contributed by atoms with Gasteiger partial charge in [-0.1, -0.05) is 18.2 Å². The number of carbonyl (C=O) groups excluding carboxylic acids is 1. The van der Waals surface area contributed by atoms with Gasteiger partial charge in [0.25, 0.3) is 15.9 Å². The van der Waals surface area contributed by atoms with Crippen LogP contribution >= 0.6 is 0 Å². The molecule has 0 unspecified atom stereocenters. The van der Waals surface area contributed by atoms with Crippen molar-refractivity contribution in [1.82, 2.24) is 14.5 Å². The number of hydrogen-bond donors (Lipinski definition) is 1. The molecule has 2 aromatic carbocycles. The fourth-order valence-corrected chi connectivity index (χ4v) is 4.38. The number of aromatic nitrogens is 2. The van der Waals surface area contributed by atoms with Crippen molar-refractivity contribution in [3.63, 3.8) is 0 Å². The molecule has 29 heavy (non-hydrogen) atoms. The molecule has 0 spiro atoms. The summed E-state index contributed by atoms with van der Waals surface area (Å²) in [5.74, 6) is 0.0268. The molecule has 1 aliphatic rings. The van der Waals surface area contributed by atoms with Crippen LogP contribution in [0.4, 0.5) is 0 Å². The summed E-state index contributed by atoms with van der Waals surface area (Å²) in [7, 11) is -2.59. The lowest BCUT2D eigenvalue weighted by atomic mass is 10.1. The van der Waals surface area contributed by atoms with Crippen LogP contribution < -0.4 is 14.2 Å². The van der Waals surface area contributed by atoms with E-state index in [0.29, 0.717) is 31.1 Å². The van der Waals surface area contributed by atoms with Crippen molar-refractivity contribution < 1.29 is 22.7 Å². The summed E-state index contributed by atoms with van der Waals surface area (Å²) in [4.78, 5) is 12.6. The van der Waals surface area contributed by atoms with E-state index in [1.165, 1.54) is 19.2 Å². The lowest BCUT2D eigenvalue weighted by molar-refractivity contribution is 0.0981. The van der Waals surface area contributed by atoms with Crippen molar-refractivity contribution in [2.45, 2.75) is 17.9 Å². The van der Waals surface area contributed by atoms with Gasteiger partial charge < -0.3 is 9.47 Å². The van der Waals surface area contributed by atoms with Gasteiger partial charge in [-0.05, 0) is 29.8 Å². The Bertz CT molecular complexity index is 1160. The summed E-state index contributed by atoms with van der Waals surface area (Å²) in [6.07, 6.45) is 4.12. The number of methoxy groups -OCH3 is 1. The minimum atomic E-state index is -4.08. The highest BCUT2D eigenvalue weighted by molar-refractivity contribution is 7.90. The van der Waals surface area contributed by atoms with Crippen molar-refractivity contribution in [3.8, 4) is 11.5 Å². The van der Waals surface area contributed by atoms with Crippen LogP contribution in [0.2, 0.25) is 0 Å². The molecule has 0 fully saturated rings. The fraction of sp³-hybridized carbons (Fsp3) is 0.200. The number of carbonyl (C=O) groups is 1. The molecule has 0 bridgehead atoms. The number of nitrogens with one attached hydrogen (secondary N) is 1. The highest BCUT2D eigenvalue weighted by Gasteiger charge is 2.27. The van der Waals surface area contributed by atoms with Crippen LogP contribution in [-0.4, -0.2) is 37.8 Å². The summed E-state index contributed by atoms with van der Waals surface area (Å²) in [6, 6.07) is 11.5. The van der Waals surface area contributed by atoms with Gasteiger partial charge in [-0.2, -0.15) is 5.10 Å². The molecule has 8 nitrogen and oxygen atoms in total. The van der Waals surface area contributed by atoms with Crippen LogP contribution in [0.25, 0.3) is 0 Å². The molecular weight excluding hydrogens is 394 g/mol. The van der Waals surface area contributed by atoms with E-state index < -0.39 is 15.9 Å². The van der Waals surface area contributed by atoms with Crippen molar-refractivity contribution in [1.29, 1.82) is 0 Å². The average molecular weight is 413 g/mol. The van der Waals surface area contributed by atoms with E-state index in [2.05, 4.69) is 9.82 Å². The van der Waals surface area contributed by atoms with Gasteiger partial charge in [0.05, 0.1) is 20.3 Å². The van der Waals surface area contributed by atoms with Crippen LogP contribution in [-0.2, 0) is 23.0 Å². The van der Waals surface area contributed by atoms with Gasteiger partial charge in [-0.15, -0.1) is 0 Å². The molecule has 2 heterocycles. The zero-order valence-corrected chi connectivity index (χ0v) is 16.5. The minimum absolute atomic E-state index is 0.0388. The van der Waals surface area contributed by atoms with Crippen LogP contribution in [0.3, 0.4) is 0 Å². The van der Waals surface area contributed by atoms with Crippen LogP contribution in [0.15, 0.2) is 59.8 Å². The summed E-state index contributed by atoms with van der Waals surface area (Å²) in [5.41, 5.74) is 1.79. The Hall–Kier alpha value is -3.33. The Morgan fingerprint density at radius 1 is 1.28 bits per heavy atom. The van der Waals surface area contributed by atoms with E-state index >= 15 is 0 Å². The SMILES string of the molecule is COc1cc(C(=O)NS(=O)(=O)c2cccc3c2OCC3)ccc1Cn1cccn1. The monoisotopic (exact) mass is 413 g/mol. The second-order valence-corrected chi connectivity index (χ2v) is 8.16. The number of para-hydroxylation sites is 1. The summed E-state index contributed by atoms with van der Waals surface area (Å²) in [5, 5.41) is 4.15. The normalized spacial score (nSPS) is 12.9. The molecule has 1 aliphatic heterocycles. The van der Waals surface area contributed by atoms with Gasteiger partial charge in [0.2, 0.25) is 0 Å². The molecule has 9 heteroatoms. The fourth-order valence-electron chi connectivity index (χ4n) is 3.22. The van der Waals surface area contributed by atoms with E-state index in [1.54, 1.807) is 29.1 Å². The molecule has 1 aromatic heterocycles. The third kappa shape index (κ3) is 3.81. The Kier molecular flexibility index (Phi) is 4.98. The first-order valence-corrected chi connectivity index (χ1v) is 10.4. The maximum absolute atomic E-state index is 12.8. The van der Waals surface area contributed by atoms with Crippen LogP contribution in [0.5, 0.6) is 11.5 Å². The molecule has 1 N–H and O–H groups in total. The van der Waals surface area contributed by atoms with Gasteiger partial charge in [0, 0.05) is 29.9 Å². The number of nitrogens with zero attached hydrogens (tertiary/aromatic N) is 2. The number of hydrogen-bond acceptors (Lipinski definition) is 6. The predicted octanol–water partition coefficient (Wildman–Crippen LogP) is 1.99. The van der Waals surface area contributed by atoms with Crippen molar-refractivity contribution in [3.05, 3.63) is 71.5 Å². The van der Waals surface area contributed by atoms with Crippen molar-refractivity contribution in [2.24, 2.45) is 0 Å². The molecule has 150 valence electrons. The Morgan fingerprint density at radius 2 is 2.14 bits per heavy atom. The average Bonchev–Trinajstić information content (AvgIpc) is 3.39. The zero-order chi connectivity index (χ0) is 20.4. The molecule has 0 saturated carbocycles. The lowest BCUT2D eigenvalue weighted by Crippen LogP contribution is -2.31. The smallest absolute Gasteiger partial charge is 0.268 e. The van der Waals surface area contributed by atoms with Crippen molar-refractivity contribution >= 4 is 15.9 Å². The number of fused-ring (bicyclic) bond motifs is 1. The van der Waals surface area contributed by atoms with E-state index in [-0.39, 0.29) is 10.5 Å². The molecule has 0 aliphatic carbocycles. The maximum Gasteiger partial charge on any atom is 0.268 e. The largest absolute Gasteiger partial charge is 0.496 e. The molecule has 1 amide bonds. The maximum atomic E-state index is 12.8. The Balaban J connectivity index is 1.57. The quantitative estimate of drug-likeness (QED) is 0.664. The van der Waals surface area contributed by atoms with Gasteiger partial charge in [0.1, 0.15) is 16.4 Å². The van der Waals surface area contributed by atoms with Crippen LogP contribution in [0.1, 0.15) is 21.5 Å². The number of rotatable bonds is 6. The Morgan fingerprint density at radius 3 is 2.90 bits per heavy atom. The zero-order valence-electron chi connectivity index (χ0n) is 15.7. The van der Waals surface area contributed by atoms with Gasteiger partial charge in [-0.3, -0.25) is 9.48 Å². The van der Waals surface area contributed by atoms with E-state index in [1.807, 2.05) is 18.3 Å². The summed E-state index contributed by atoms with van der Waals surface area (Å²) in [6.45, 7) is 0.884. The third-order valence-corrected chi connectivity index (χ3v) is 5.99. The first kappa shape index (κ1) is 19.0. The second kappa shape index (κ2) is 7.59. The first-order chi connectivity index (χ1) is 14.0. The molecule has 0 atom stereocenters. The molecule has 4 rings (SSSR count). The summed E-state index contributed by atoms with van der Waals surface area (Å²) < 4.78 is 40.2. The number of ether oxygens (including phenoxy) is 2. The lowest BCUT2D eigenvalue weighted by Gasteiger charge is -2.13. The first-order valence-electron chi connectivity index (χ1n) is 8.94. The van der Waals surface area contributed by atoms with E-state index in [9.17, 15) is 13.2 Å². The highest BCUT2D eigenvalue weighted by Crippen LogP contribution is 2.32. The van der Waals surface area contributed by atoms with Gasteiger partial charge in [0.15, 0.2) is 0 Å². The third-order valence-electron chi connectivity index (χ3n) is 4.64. The highest BCUT2D eigenvalue weighted by atomic mass is 32.2. The minimum Gasteiger partial charge on any atom is -0.496 e. The van der Waals surface area contributed by atoms with E-state index in [4.69, 9.17) is 9.47 Å². The number of sulfonamides is 1. The molecule has 3 aromatic rings. The van der Waals surface area contributed by atoms with Crippen molar-refractivity contribution in [2.75, 3.05) is 13.7 Å². The van der Waals surface area contributed by atoms with Gasteiger partial charge >= 0.3 is 0 Å². The second-order valence-electron chi connectivity index (χ2n) is 6.51. The number of amides is 1. The molecular formula is C20H19N3O5S.